The maximum atomic E-state index is 13.3. The van der Waals surface area contributed by atoms with Crippen molar-refractivity contribution in [2.24, 2.45) is 10.7 Å². The maximum Gasteiger partial charge on any atom is 0.269 e. The lowest BCUT2D eigenvalue weighted by atomic mass is 9.87. The molecule has 0 fully saturated rings. The average molecular weight is 509 g/mol. The van der Waals surface area contributed by atoms with E-state index in [0.717, 1.165) is 17.7 Å². The highest BCUT2D eigenvalue weighted by molar-refractivity contribution is 6.46. The largest absolute Gasteiger partial charge is 0.366 e. The molecule has 2 unspecified atom stereocenters. The van der Waals surface area contributed by atoms with E-state index in [-0.39, 0.29) is 34.6 Å². The van der Waals surface area contributed by atoms with Gasteiger partial charge in [-0.2, -0.15) is 0 Å². The van der Waals surface area contributed by atoms with Crippen LogP contribution in [0, 0.1) is 5.82 Å². The predicted octanol–water partition coefficient (Wildman–Crippen LogP) is 3.72. The number of amides is 3. The second-order valence-electron chi connectivity index (χ2n) is 8.09. The van der Waals surface area contributed by atoms with Crippen molar-refractivity contribution >= 4 is 40.7 Å². The van der Waals surface area contributed by atoms with Crippen LogP contribution in [0.2, 0.25) is 5.02 Å². The molecule has 8 nitrogen and oxygen atoms in total. The second-order valence-corrected chi connectivity index (χ2v) is 8.49. The number of carbonyl (C=O) groups excluding carboxylic acids is 3. The van der Waals surface area contributed by atoms with Gasteiger partial charge in [0, 0.05) is 5.69 Å². The van der Waals surface area contributed by atoms with Gasteiger partial charge < -0.3 is 21.1 Å². The molecule has 4 N–H and O–H groups in total. The molecular formula is C26H22ClFN4O4. The summed E-state index contributed by atoms with van der Waals surface area (Å²) in [6.07, 6.45) is 0. The van der Waals surface area contributed by atoms with Crippen LogP contribution in [0.3, 0.4) is 0 Å². The van der Waals surface area contributed by atoms with E-state index in [2.05, 4.69) is 15.6 Å². The summed E-state index contributed by atoms with van der Waals surface area (Å²) in [6, 6.07) is 18.4. The first-order valence-electron chi connectivity index (χ1n) is 10.9. The Balaban J connectivity index is 1.55. The molecular weight excluding hydrogens is 487 g/mol. The number of anilines is 1. The number of rotatable bonds is 7. The molecule has 3 aromatic carbocycles. The van der Waals surface area contributed by atoms with Crippen LogP contribution in [0.25, 0.3) is 0 Å². The van der Waals surface area contributed by atoms with Crippen LogP contribution in [-0.2, 0) is 19.9 Å². The van der Waals surface area contributed by atoms with Gasteiger partial charge >= 0.3 is 0 Å². The van der Waals surface area contributed by atoms with Crippen molar-refractivity contribution in [1.82, 2.24) is 5.32 Å². The molecule has 0 saturated carbocycles. The molecule has 3 amide bonds. The van der Waals surface area contributed by atoms with Gasteiger partial charge in [-0.15, -0.1) is 0 Å². The van der Waals surface area contributed by atoms with E-state index >= 15 is 0 Å². The first-order chi connectivity index (χ1) is 17.2. The molecule has 1 aliphatic heterocycles. The first kappa shape index (κ1) is 25.0. The standard InChI is InChI=1S/C26H22ClFN4O4/c1-15(16-5-3-2-4-6-16)31-24(34)22-26(25(29)35,36-14-30-22)17-7-10-19(11-8-17)32-23(33)20-12-9-18(28)13-21(20)27/h2-13,15H,14H2,1H3,(H2,29,35)(H,31,34)(H,32,33). The molecule has 0 aromatic heterocycles. The highest BCUT2D eigenvalue weighted by atomic mass is 35.5. The minimum Gasteiger partial charge on any atom is -0.366 e. The van der Waals surface area contributed by atoms with E-state index in [1.165, 1.54) is 30.3 Å². The zero-order chi connectivity index (χ0) is 25.9. The van der Waals surface area contributed by atoms with Gasteiger partial charge in [0.1, 0.15) is 18.3 Å². The summed E-state index contributed by atoms with van der Waals surface area (Å²) < 4.78 is 18.9. The van der Waals surface area contributed by atoms with E-state index in [1.54, 1.807) is 6.92 Å². The molecule has 0 radical (unpaired) electrons. The quantitative estimate of drug-likeness (QED) is 0.450. The lowest BCUT2D eigenvalue weighted by Crippen LogP contribution is -2.53. The van der Waals surface area contributed by atoms with Crippen molar-refractivity contribution in [2.45, 2.75) is 18.6 Å². The predicted molar refractivity (Wildman–Crippen MR) is 133 cm³/mol. The van der Waals surface area contributed by atoms with Gasteiger partial charge in [-0.05, 0) is 48.4 Å². The van der Waals surface area contributed by atoms with Crippen molar-refractivity contribution in [3.63, 3.8) is 0 Å². The van der Waals surface area contributed by atoms with Crippen LogP contribution in [-0.4, -0.2) is 30.2 Å². The number of ether oxygens (including phenoxy) is 1. The number of hydrogen-bond donors (Lipinski definition) is 3. The minimum atomic E-state index is -1.90. The monoisotopic (exact) mass is 508 g/mol. The Bertz CT molecular complexity index is 1350. The highest BCUT2D eigenvalue weighted by Crippen LogP contribution is 2.33. The summed E-state index contributed by atoms with van der Waals surface area (Å²) in [5, 5.41) is 5.44. The number of carbonyl (C=O) groups is 3. The number of primary amides is 1. The molecule has 10 heteroatoms. The molecule has 36 heavy (non-hydrogen) atoms. The van der Waals surface area contributed by atoms with Crippen LogP contribution in [0.15, 0.2) is 77.8 Å². The fraction of sp³-hybridized carbons (Fsp3) is 0.154. The average Bonchev–Trinajstić information content (AvgIpc) is 3.31. The van der Waals surface area contributed by atoms with Gasteiger partial charge in [-0.3, -0.25) is 19.4 Å². The van der Waals surface area contributed by atoms with E-state index in [9.17, 15) is 18.8 Å². The second kappa shape index (κ2) is 10.3. The Morgan fingerprint density at radius 3 is 2.39 bits per heavy atom. The van der Waals surface area contributed by atoms with Gasteiger partial charge in [-0.25, -0.2) is 4.39 Å². The molecule has 1 heterocycles. The van der Waals surface area contributed by atoms with Crippen LogP contribution in [0.4, 0.5) is 10.1 Å². The molecule has 4 rings (SSSR count). The number of nitrogens with two attached hydrogens (primary N) is 1. The summed E-state index contributed by atoms with van der Waals surface area (Å²) in [5.74, 6) is -2.61. The molecule has 0 spiro atoms. The molecule has 3 aromatic rings. The number of halogens is 2. The molecule has 0 aliphatic carbocycles. The third-order valence-corrected chi connectivity index (χ3v) is 6.08. The third kappa shape index (κ3) is 4.84. The Labute approximate surface area is 211 Å². The van der Waals surface area contributed by atoms with Gasteiger partial charge in [-0.1, -0.05) is 54.1 Å². The smallest absolute Gasteiger partial charge is 0.269 e. The first-order valence-corrected chi connectivity index (χ1v) is 11.3. The number of aliphatic imine (C=N–C) groups is 1. The van der Waals surface area contributed by atoms with Crippen molar-refractivity contribution < 1.29 is 23.5 Å². The lowest BCUT2D eigenvalue weighted by Gasteiger charge is -2.27. The topological polar surface area (TPSA) is 123 Å². The van der Waals surface area contributed by atoms with Gasteiger partial charge in [0.15, 0.2) is 0 Å². The molecule has 184 valence electrons. The summed E-state index contributed by atoms with van der Waals surface area (Å²) in [4.78, 5) is 42.4. The van der Waals surface area contributed by atoms with E-state index in [1.807, 2.05) is 30.3 Å². The lowest BCUT2D eigenvalue weighted by molar-refractivity contribution is -0.135. The number of nitrogens with one attached hydrogen (secondary N) is 2. The summed E-state index contributed by atoms with van der Waals surface area (Å²) in [5.41, 5.74) is 5.26. The van der Waals surface area contributed by atoms with Crippen molar-refractivity contribution in [1.29, 1.82) is 0 Å². The Kier molecular flexibility index (Phi) is 7.14. The molecule has 0 saturated heterocycles. The van der Waals surface area contributed by atoms with Crippen molar-refractivity contribution in [3.05, 3.63) is 100 Å². The summed E-state index contributed by atoms with van der Waals surface area (Å²) in [6.45, 7) is 1.58. The Morgan fingerprint density at radius 1 is 1.06 bits per heavy atom. The highest BCUT2D eigenvalue weighted by Gasteiger charge is 2.51. The van der Waals surface area contributed by atoms with Crippen LogP contribution in [0.1, 0.15) is 34.5 Å². The number of benzene rings is 3. The minimum absolute atomic E-state index is 0.0345. The van der Waals surface area contributed by atoms with E-state index < -0.39 is 29.1 Å². The summed E-state index contributed by atoms with van der Waals surface area (Å²) >= 11 is 5.96. The fourth-order valence-electron chi connectivity index (χ4n) is 3.91. The Morgan fingerprint density at radius 2 is 1.75 bits per heavy atom. The molecule has 0 bridgehead atoms. The Hall–Kier alpha value is -4.08. The zero-order valence-corrected chi connectivity index (χ0v) is 19.9. The van der Waals surface area contributed by atoms with Crippen LogP contribution < -0.4 is 16.4 Å². The molecule has 1 aliphatic rings. The summed E-state index contributed by atoms with van der Waals surface area (Å²) in [7, 11) is 0. The number of nitrogens with zero attached hydrogens (tertiary/aromatic N) is 1. The van der Waals surface area contributed by atoms with Gasteiger partial charge in [0.2, 0.25) is 5.60 Å². The van der Waals surface area contributed by atoms with Crippen molar-refractivity contribution in [2.75, 3.05) is 12.0 Å². The normalized spacial score (nSPS) is 17.7. The fourth-order valence-corrected chi connectivity index (χ4v) is 4.16. The van der Waals surface area contributed by atoms with Gasteiger partial charge in [0.05, 0.1) is 16.6 Å². The maximum absolute atomic E-state index is 13.3. The van der Waals surface area contributed by atoms with E-state index in [4.69, 9.17) is 22.1 Å². The van der Waals surface area contributed by atoms with Gasteiger partial charge in [0.25, 0.3) is 17.7 Å². The van der Waals surface area contributed by atoms with Crippen molar-refractivity contribution in [3.8, 4) is 0 Å². The zero-order valence-electron chi connectivity index (χ0n) is 19.1. The SMILES string of the molecule is CC(NC(=O)C1=NCOC1(C(N)=O)c1ccc(NC(=O)c2ccc(F)cc2Cl)cc1)c1ccccc1. The third-order valence-electron chi connectivity index (χ3n) is 5.77. The number of hydrogen-bond acceptors (Lipinski definition) is 5. The molecule has 2 atom stereocenters. The van der Waals surface area contributed by atoms with Crippen LogP contribution >= 0.6 is 11.6 Å². The van der Waals surface area contributed by atoms with Crippen LogP contribution in [0.5, 0.6) is 0 Å². The van der Waals surface area contributed by atoms with E-state index in [0.29, 0.717) is 5.69 Å².